The van der Waals surface area contributed by atoms with Gasteiger partial charge < -0.3 is 19.9 Å². The number of alkyl carbamates (subject to hydrolysis) is 1. The van der Waals surface area contributed by atoms with E-state index in [1.54, 1.807) is 13.0 Å². The van der Waals surface area contributed by atoms with Gasteiger partial charge in [0.25, 0.3) is 0 Å². The molecule has 0 spiro atoms. The summed E-state index contributed by atoms with van der Waals surface area (Å²) in [4.78, 5) is 23.8. The Balaban J connectivity index is 1.49. The predicted molar refractivity (Wildman–Crippen MR) is 97.3 cm³/mol. The molecule has 0 radical (unpaired) electrons. The van der Waals surface area contributed by atoms with Gasteiger partial charge in [-0.2, -0.15) is 5.10 Å². The minimum absolute atomic E-state index is 0.0815. The van der Waals surface area contributed by atoms with Crippen molar-refractivity contribution in [3.8, 4) is 0 Å². The molecule has 1 aliphatic rings. The van der Waals surface area contributed by atoms with Gasteiger partial charge in [-0.1, -0.05) is 5.16 Å². The van der Waals surface area contributed by atoms with Crippen LogP contribution in [0.15, 0.2) is 16.7 Å². The predicted octanol–water partition coefficient (Wildman–Crippen LogP) is 2.66. The Morgan fingerprint density at radius 1 is 1.37 bits per heavy atom. The molecule has 3 N–H and O–H groups in total. The molecule has 0 aliphatic heterocycles. The third-order valence-electron chi connectivity index (χ3n) is 4.42. The van der Waals surface area contributed by atoms with Gasteiger partial charge in [-0.25, -0.2) is 4.79 Å². The molecular weight excluding hydrogens is 350 g/mol. The smallest absolute Gasteiger partial charge is 0.407 e. The zero-order valence-corrected chi connectivity index (χ0v) is 15.7. The number of nitrogens with zero attached hydrogens (tertiary/aromatic N) is 2. The summed E-state index contributed by atoms with van der Waals surface area (Å²) < 4.78 is 10.1. The van der Waals surface area contributed by atoms with Crippen LogP contribution in [0, 0.1) is 6.92 Å². The SMILES string of the molecule is Cc1cc(CC(=O)Nc2cc([C@H]3CC[C@@H](NC(=O)OC(C)C)C3)[nH]n2)no1. The number of aromatic nitrogens is 3. The average Bonchev–Trinajstić information content (AvgIpc) is 3.28. The monoisotopic (exact) mass is 375 g/mol. The standard InChI is InChI=1S/C18H25N5O4/c1-10(2)26-18(25)19-13-5-4-12(7-13)15-9-16(22-21-15)20-17(24)8-14-6-11(3)27-23-14/h6,9-10,12-13H,4-5,7-8H2,1-3H3,(H,19,25)(H2,20,21,22,24)/t12-,13+/m0/s1. The Hall–Kier alpha value is -2.84. The van der Waals surface area contributed by atoms with Gasteiger partial charge in [0.05, 0.1) is 18.2 Å². The van der Waals surface area contributed by atoms with Crippen molar-refractivity contribution in [2.24, 2.45) is 0 Å². The van der Waals surface area contributed by atoms with Gasteiger partial charge in [0.15, 0.2) is 5.82 Å². The van der Waals surface area contributed by atoms with Crippen molar-refractivity contribution < 1.29 is 18.8 Å². The highest BCUT2D eigenvalue weighted by Gasteiger charge is 2.29. The van der Waals surface area contributed by atoms with E-state index in [1.165, 1.54) is 0 Å². The molecule has 2 atom stereocenters. The Morgan fingerprint density at radius 2 is 2.19 bits per heavy atom. The molecule has 9 heteroatoms. The number of aromatic amines is 1. The second-order valence-electron chi connectivity index (χ2n) is 7.17. The maximum absolute atomic E-state index is 12.1. The molecular formula is C18H25N5O4. The fourth-order valence-electron chi connectivity index (χ4n) is 3.27. The lowest BCUT2D eigenvalue weighted by Crippen LogP contribution is -2.34. The van der Waals surface area contributed by atoms with Gasteiger partial charge >= 0.3 is 6.09 Å². The lowest BCUT2D eigenvalue weighted by Gasteiger charge is -2.14. The van der Waals surface area contributed by atoms with E-state index in [0.29, 0.717) is 17.3 Å². The number of rotatable bonds is 6. The van der Waals surface area contributed by atoms with Crippen molar-refractivity contribution in [2.45, 2.75) is 64.5 Å². The summed E-state index contributed by atoms with van der Waals surface area (Å²) in [5, 5.41) is 16.6. The number of hydrogen-bond acceptors (Lipinski definition) is 6. The van der Waals surface area contributed by atoms with E-state index in [0.717, 1.165) is 25.0 Å². The summed E-state index contributed by atoms with van der Waals surface area (Å²) in [6.07, 6.45) is 2.23. The van der Waals surface area contributed by atoms with Crippen molar-refractivity contribution in [3.05, 3.63) is 29.3 Å². The molecule has 2 aromatic heterocycles. The average molecular weight is 375 g/mol. The van der Waals surface area contributed by atoms with Crippen molar-refractivity contribution in [1.29, 1.82) is 0 Å². The first-order valence-corrected chi connectivity index (χ1v) is 9.13. The van der Waals surface area contributed by atoms with E-state index in [9.17, 15) is 9.59 Å². The van der Waals surface area contributed by atoms with Gasteiger partial charge in [0.1, 0.15) is 5.76 Å². The van der Waals surface area contributed by atoms with Crippen molar-refractivity contribution in [1.82, 2.24) is 20.7 Å². The first-order chi connectivity index (χ1) is 12.9. The molecule has 0 bridgehead atoms. The second kappa shape index (κ2) is 8.24. The van der Waals surface area contributed by atoms with Crippen LogP contribution < -0.4 is 10.6 Å². The first-order valence-electron chi connectivity index (χ1n) is 9.13. The highest BCUT2D eigenvalue weighted by molar-refractivity contribution is 5.91. The topological polar surface area (TPSA) is 122 Å². The normalized spacial score (nSPS) is 19.3. The molecule has 27 heavy (non-hydrogen) atoms. The van der Waals surface area contributed by atoms with E-state index >= 15 is 0 Å². The van der Waals surface area contributed by atoms with Crippen LogP contribution in [-0.2, 0) is 16.0 Å². The Kier molecular flexibility index (Phi) is 5.78. The van der Waals surface area contributed by atoms with Gasteiger partial charge in [0.2, 0.25) is 5.91 Å². The number of H-pyrrole nitrogens is 1. The van der Waals surface area contributed by atoms with Gasteiger partial charge in [-0.3, -0.25) is 9.89 Å². The Bertz CT molecular complexity index is 797. The van der Waals surface area contributed by atoms with Crippen LogP contribution in [0.1, 0.15) is 56.2 Å². The quantitative estimate of drug-likeness (QED) is 0.713. The fourth-order valence-corrected chi connectivity index (χ4v) is 3.27. The number of amides is 2. The minimum atomic E-state index is -0.378. The molecule has 1 saturated carbocycles. The minimum Gasteiger partial charge on any atom is -0.447 e. The highest BCUT2D eigenvalue weighted by Crippen LogP contribution is 2.34. The third kappa shape index (κ3) is 5.32. The summed E-state index contributed by atoms with van der Waals surface area (Å²) in [6, 6.07) is 3.65. The van der Waals surface area contributed by atoms with Crippen molar-refractivity contribution in [2.75, 3.05) is 5.32 Å². The molecule has 1 aliphatic carbocycles. The lowest BCUT2D eigenvalue weighted by atomic mass is 10.0. The number of nitrogens with one attached hydrogen (secondary N) is 3. The van der Waals surface area contributed by atoms with Gasteiger partial charge in [-0.15, -0.1) is 0 Å². The van der Waals surface area contributed by atoms with Crippen molar-refractivity contribution >= 4 is 17.8 Å². The maximum Gasteiger partial charge on any atom is 0.407 e. The van der Waals surface area contributed by atoms with E-state index < -0.39 is 0 Å². The van der Waals surface area contributed by atoms with Crippen LogP contribution in [0.25, 0.3) is 0 Å². The number of ether oxygens (including phenoxy) is 1. The van der Waals surface area contributed by atoms with Crippen molar-refractivity contribution in [3.63, 3.8) is 0 Å². The highest BCUT2D eigenvalue weighted by atomic mass is 16.6. The zero-order valence-electron chi connectivity index (χ0n) is 15.7. The summed E-state index contributed by atoms with van der Waals surface area (Å²) in [6.45, 7) is 5.42. The van der Waals surface area contributed by atoms with Crippen LogP contribution in [0.3, 0.4) is 0 Å². The molecule has 3 rings (SSSR count). The molecule has 2 amide bonds. The fraction of sp³-hybridized carbons (Fsp3) is 0.556. The molecule has 0 saturated heterocycles. The largest absolute Gasteiger partial charge is 0.447 e. The maximum atomic E-state index is 12.1. The molecule has 0 aromatic carbocycles. The Labute approximate surface area is 157 Å². The molecule has 2 aromatic rings. The molecule has 0 unspecified atom stereocenters. The number of anilines is 1. The first kappa shape index (κ1) is 18.9. The van der Waals surface area contributed by atoms with E-state index in [4.69, 9.17) is 9.26 Å². The number of hydrogen-bond donors (Lipinski definition) is 3. The number of carbonyl (C=O) groups is 2. The molecule has 146 valence electrons. The summed E-state index contributed by atoms with van der Waals surface area (Å²) in [5.41, 5.74) is 1.53. The molecule has 2 heterocycles. The van der Waals surface area contributed by atoms with Crippen LogP contribution >= 0.6 is 0 Å². The summed E-state index contributed by atoms with van der Waals surface area (Å²) in [5.74, 6) is 1.20. The third-order valence-corrected chi connectivity index (χ3v) is 4.42. The van der Waals surface area contributed by atoms with Crippen LogP contribution in [0.2, 0.25) is 0 Å². The lowest BCUT2D eigenvalue weighted by molar-refractivity contribution is -0.115. The van der Waals surface area contributed by atoms with E-state index in [2.05, 4.69) is 26.0 Å². The van der Waals surface area contributed by atoms with Gasteiger partial charge in [0, 0.05) is 29.8 Å². The van der Waals surface area contributed by atoms with Crippen LogP contribution in [0.4, 0.5) is 10.6 Å². The van der Waals surface area contributed by atoms with Crippen LogP contribution in [-0.4, -0.2) is 39.5 Å². The number of aryl methyl sites for hydroxylation is 1. The summed E-state index contributed by atoms with van der Waals surface area (Å²) >= 11 is 0. The van der Waals surface area contributed by atoms with E-state index in [-0.39, 0.29) is 36.5 Å². The zero-order chi connectivity index (χ0) is 19.4. The second-order valence-corrected chi connectivity index (χ2v) is 7.17. The van der Waals surface area contributed by atoms with E-state index in [1.807, 2.05) is 19.9 Å². The van der Waals surface area contributed by atoms with Gasteiger partial charge in [-0.05, 0) is 40.0 Å². The molecule has 9 nitrogen and oxygen atoms in total. The number of carbonyl (C=O) groups excluding carboxylic acids is 2. The Morgan fingerprint density at radius 3 is 2.89 bits per heavy atom. The van der Waals surface area contributed by atoms with Crippen LogP contribution in [0.5, 0.6) is 0 Å². The molecule has 1 fully saturated rings. The summed E-state index contributed by atoms with van der Waals surface area (Å²) in [7, 11) is 0.